The van der Waals surface area contributed by atoms with E-state index >= 15 is 0 Å². The van der Waals surface area contributed by atoms with E-state index in [-0.39, 0.29) is 0 Å². The summed E-state index contributed by atoms with van der Waals surface area (Å²) in [6, 6.07) is 9.43. The minimum absolute atomic E-state index is 0.465. The number of nitrogens with one attached hydrogen (secondary N) is 1. The second kappa shape index (κ2) is 7.14. The Kier molecular flexibility index (Phi) is 4.99. The largest absolute Gasteiger partial charge is 0.382 e. The Morgan fingerprint density at radius 1 is 1.05 bits per heavy atom. The molecule has 116 valence electrons. The van der Waals surface area contributed by atoms with Gasteiger partial charge in [-0.2, -0.15) is 0 Å². The topological polar surface area (TPSA) is 33.7 Å². The number of hydrogen-bond donors (Lipinski definition) is 1. The summed E-state index contributed by atoms with van der Waals surface area (Å²) in [5.41, 5.74) is 2.53. The zero-order valence-corrected chi connectivity index (χ0v) is 12.9. The summed E-state index contributed by atoms with van der Waals surface area (Å²) in [5.74, 6) is 0. The van der Waals surface area contributed by atoms with E-state index in [9.17, 15) is 0 Å². The molecule has 1 N–H and O–H groups in total. The van der Waals surface area contributed by atoms with Gasteiger partial charge in [0.05, 0.1) is 19.3 Å². The molecule has 2 fully saturated rings. The van der Waals surface area contributed by atoms with E-state index in [1.807, 2.05) is 7.11 Å². The van der Waals surface area contributed by atoms with E-state index in [1.165, 1.54) is 37.1 Å². The Labute approximate surface area is 127 Å². The molecule has 2 aliphatic rings. The molecule has 0 unspecified atom stereocenters. The van der Waals surface area contributed by atoms with Gasteiger partial charge in [-0.25, -0.2) is 0 Å². The van der Waals surface area contributed by atoms with E-state index in [1.54, 1.807) is 0 Å². The van der Waals surface area contributed by atoms with Crippen molar-refractivity contribution in [2.24, 2.45) is 0 Å². The molecule has 0 amide bonds. The summed E-state index contributed by atoms with van der Waals surface area (Å²) in [6.45, 7) is 3.66. The van der Waals surface area contributed by atoms with Gasteiger partial charge in [-0.3, -0.25) is 0 Å². The zero-order chi connectivity index (χ0) is 14.5. The number of ether oxygens (including phenoxy) is 2. The highest BCUT2D eigenvalue weighted by Crippen LogP contribution is 2.25. The monoisotopic (exact) mass is 290 g/mol. The van der Waals surface area contributed by atoms with Gasteiger partial charge in [0.1, 0.15) is 0 Å². The molecule has 1 aromatic carbocycles. The molecule has 3 rings (SSSR count). The first-order valence-corrected chi connectivity index (χ1v) is 8.07. The number of morpholine rings is 1. The van der Waals surface area contributed by atoms with Crippen LogP contribution in [0.25, 0.3) is 0 Å². The van der Waals surface area contributed by atoms with Crippen LogP contribution in [0.3, 0.4) is 0 Å². The molecule has 1 heterocycles. The fourth-order valence-corrected chi connectivity index (χ4v) is 3.27. The third-order valence-corrected chi connectivity index (χ3v) is 4.62. The molecule has 0 aromatic heterocycles. The molecule has 1 aliphatic heterocycles. The second-order valence-electron chi connectivity index (χ2n) is 6.00. The molecule has 1 aliphatic carbocycles. The van der Waals surface area contributed by atoms with Gasteiger partial charge in [0, 0.05) is 37.6 Å². The highest BCUT2D eigenvalue weighted by Gasteiger charge is 2.20. The van der Waals surface area contributed by atoms with Crippen molar-refractivity contribution in [2.75, 3.05) is 43.6 Å². The maximum Gasteiger partial charge on any atom is 0.0642 e. The van der Waals surface area contributed by atoms with Crippen LogP contribution < -0.4 is 10.2 Å². The van der Waals surface area contributed by atoms with E-state index in [2.05, 4.69) is 34.5 Å². The number of nitrogens with zero attached hydrogens (tertiary/aromatic N) is 1. The van der Waals surface area contributed by atoms with Crippen LogP contribution in [0.2, 0.25) is 0 Å². The zero-order valence-electron chi connectivity index (χ0n) is 12.9. The molecular formula is C17H26N2O2. The highest BCUT2D eigenvalue weighted by molar-refractivity contribution is 5.55. The Morgan fingerprint density at radius 2 is 1.71 bits per heavy atom. The van der Waals surface area contributed by atoms with Gasteiger partial charge in [0.2, 0.25) is 0 Å². The van der Waals surface area contributed by atoms with E-state index in [0.29, 0.717) is 12.1 Å². The van der Waals surface area contributed by atoms with Crippen LogP contribution in [-0.2, 0) is 9.47 Å². The molecule has 0 atom stereocenters. The third kappa shape index (κ3) is 3.89. The van der Waals surface area contributed by atoms with Crippen molar-refractivity contribution < 1.29 is 9.47 Å². The fourth-order valence-electron chi connectivity index (χ4n) is 3.27. The summed E-state index contributed by atoms with van der Waals surface area (Å²) >= 11 is 0. The van der Waals surface area contributed by atoms with Crippen molar-refractivity contribution in [1.82, 2.24) is 0 Å². The van der Waals surface area contributed by atoms with Crippen LogP contribution in [0.4, 0.5) is 11.4 Å². The van der Waals surface area contributed by atoms with E-state index in [4.69, 9.17) is 9.47 Å². The standard InChI is InChI=1S/C17H26N2O2/c1-20-17-8-4-15(5-9-17)18-14-2-6-16(7-3-14)19-10-12-21-13-11-19/h2-3,6-7,15,17-18H,4-5,8-13H2,1H3. The smallest absolute Gasteiger partial charge is 0.0642 e. The first-order chi connectivity index (χ1) is 10.3. The molecule has 4 heteroatoms. The summed E-state index contributed by atoms with van der Waals surface area (Å²) in [5, 5.41) is 3.66. The molecule has 21 heavy (non-hydrogen) atoms. The van der Waals surface area contributed by atoms with Crippen LogP contribution in [0.5, 0.6) is 0 Å². The number of hydrogen-bond acceptors (Lipinski definition) is 4. The fraction of sp³-hybridized carbons (Fsp3) is 0.647. The normalized spacial score (nSPS) is 26.6. The minimum atomic E-state index is 0.465. The highest BCUT2D eigenvalue weighted by atomic mass is 16.5. The maximum absolute atomic E-state index is 5.43. The first kappa shape index (κ1) is 14.7. The van der Waals surface area contributed by atoms with Crippen LogP contribution in [-0.4, -0.2) is 45.6 Å². The lowest BCUT2D eigenvalue weighted by Gasteiger charge is -2.30. The van der Waals surface area contributed by atoms with Gasteiger partial charge in [0.25, 0.3) is 0 Å². The van der Waals surface area contributed by atoms with Crippen molar-refractivity contribution in [3.05, 3.63) is 24.3 Å². The molecule has 0 radical (unpaired) electrons. The third-order valence-electron chi connectivity index (χ3n) is 4.62. The molecule has 0 bridgehead atoms. The Bertz CT molecular complexity index is 421. The van der Waals surface area contributed by atoms with Crippen LogP contribution in [0, 0.1) is 0 Å². The lowest BCUT2D eigenvalue weighted by atomic mass is 9.93. The quantitative estimate of drug-likeness (QED) is 0.924. The molecule has 1 aromatic rings. The van der Waals surface area contributed by atoms with Gasteiger partial charge in [-0.1, -0.05) is 0 Å². The first-order valence-electron chi connectivity index (χ1n) is 8.07. The summed E-state index contributed by atoms with van der Waals surface area (Å²) in [4.78, 5) is 2.39. The van der Waals surface area contributed by atoms with Crippen molar-refractivity contribution in [2.45, 2.75) is 37.8 Å². The molecule has 1 saturated carbocycles. The summed E-state index contributed by atoms with van der Waals surface area (Å²) in [7, 11) is 1.82. The number of methoxy groups -OCH3 is 1. The van der Waals surface area contributed by atoms with Gasteiger partial charge >= 0.3 is 0 Å². The van der Waals surface area contributed by atoms with Crippen molar-refractivity contribution in [1.29, 1.82) is 0 Å². The van der Waals surface area contributed by atoms with E-state index < -0.39 is 0 Å². The second-order valence-corrected chi connectivity index (χ2v) is 6.00. The average Bonchev–Trinajstić information content (AvgIpc) is 2.57. The van der Waals surface area contributed by atoms with E-state index in [0.717, 1.165) is 26.3 Å². The summed E-state index contributed by atoms with van der Waals surface area (Å²) < 4.78 is 10.8. The molecular weight excluding hydrogens is 264 g/mol. The predicted molar refractivity (Wildman–Crippen MR) is 86.1 cm³/mol. The minimum Gasteiger partial charge on any atom is -0.382 e. The Morgan fingerprint density at radius 3 is 2.33 bits per heavy atom. The van der Waals surface area contributed by atoms with Gasteiger partial charge in [-0.15, -0.1) is 0 Å². The van der Waals surface area contributed by atoms with Crippen LogP contribution >= 0.6 is 0 Å². The molecule has 0 spiro atoms. The maximum atomic E-state index is 5.43. The van der Waals surface area contributed by atoms with Crippen molar-refractivity contribution in [3.8, 4) is 0 Å². The number of rotatable bonds is 4. The summed E-state index contributed by atoms with van der Waals surface area (Å²) in [6.07, 6.45) is 5.19. The van der Waals surface area contributed by atoms with Crippen molar-refractivity contribution >= 4 is 11.4 Å². The molecule has 1 saturated heterocycles. The lowest BCUT2D eigenvalue weighted by Crippen LogP contribution is -2.36. The van der Waals surface area contributed by atoms with Gasteiger partial charge in [0.15, 0.2) is 0 Å². The average molecular weight is 290 g/mol. The SMILES string of the molecule is COC1CCC(Nc2ccc(N3CCOCC3)cc2)CC1. The Balaban J connectivity index is 1.52. The van der Waals surface area contributed by atoms with Crippen molar-refractivity contribution in [3.63, 3.8) is 0 Å². The number of benzene rings is 1. The molecule has 4 nitrogen and oxygen atoms in total. The Hall–Kier alpha value is -1.26. The van der Waals surface area contributed by atoms with Gasteiger partial charge < -0.3 is 19.7 Å². The van der Waals surface area contributed by atoms with Crippen LogP contribution in [0.1, 0.15) is 25.7 Å². The predicted octanol–water partition coefficient (Wildman–Crippen LogP) is 2.89. The van der Waals surface area contributed by atoms with Gasteiger partial charge in [-0.05, 0) is 49.9 Å². The van der Waals surface area contributed by atoms with Crippen LogP contribution in [0.15, 0.2) is 24.3 Å². The number of anilines is 2. The lowest BCUT2D eigenvalue weighted by molar-refractivity contribution is 0.0682.